The van der Waals surface area contributed by atoms with Gasteiger partial charge in [-0.15, -0.1) is 0 Å². The second-order valence-corrected chi connectivity index (χ2v) is 5.19. The Morgan fingerprint density at radius 1 is 0.905 bits per heavy atom. The van der Waals surface area contributed by atoms with Crippen molar-refractivity contribution in [2.24, 2.45) is 5.92 Å². The second-order valence-electron chi connectivity index (χ2n) is 5.19. The molecule has 0 aromatic heterocycles. The molecular formula is C14H22O7. The molecule has 1 saturated heterocycles. The van der Waals surface area contributed by atoms with E-state index in [0.717, 1.165) is 0 Å². The van der Waals surface area contributed by atoms with Crippen LogP contribution < -0.4 is 0 Å². The number of carbonyl (C=O) groups excluding carboxylic acids is 3. The summed E-state index contributed by atoms with van der Waals surface area (Å²) in [5.74, 6) is -1.64. The molecule has 21 heavy (non-hydrogen) atoms. The average molecular weight is 302 g/mol. The second kappa shape index (κ2) is 7.40. The number of rotatable bonds is 4. The van der Waals surface area contributed by atoms with E-state index >= 15 is 0 Å². The van der Waals surface area contributed by atoms with E-state index in [2.05, 4.69) is 0 Å². The van der Waals surface area contributed by atoms with Crippen LogP contribution in [0.15, 0.2) is 0 Å². The fourth-order valence-electron chi connectivity index (χ4n) is 2.37. The Balaban J connectivity index is 2.87. The summed E-state index contributed by atoms with van der Waals surface area (Å²) in [5, 5.41) is 0. The van der Waals surface area contributed by atoms with Crippen LogP contribution in [0.4, 0.5) is 0 Å². The molecule has 5 atom stereocenters. The van der Waals surface area contributed by atoms with Crippen molar-refractivity contribution in [2.45, 2.75) is 59.0 Å². The molecule has 7 heteroatoms. The average Bonchev–Trinajstić information content (AvgIpc) is 2.35. The zero-order chi connectivity index (χ0) is 16.2. The Bertz CT molecular complexity index is 406. The number of hydrogen-bond acceptors (Lipinski definition) is 7. The minimum Gasteiger partial charge on any atom is -0.463 e. The molecule has 1 fully saturated rings. The van der Waals surface area contributed by atoms with Crippen molar-refractivity contribution in [3.05, 3.63) is 0 Å². The van der Waals surface area contributed by atoms with Crippen LogP contribution in [0, 0.1) is 5.92 Å². The van der Waals surface area contributed by atoms with E-state index in [9.17, 15) is 14.4 Å². The van der Waals surface area contributed by atoms with E-state index in [1.165, 1.54) is 20.8 Å². The van der Waals surface area contributed by atoms with Crippen molar-refractivity contribution in [2.75, 3.05) is 6.61 Å². The fourth-order valence-corrected chi connectivity index (χ4v) is 2.37. The normalized spacial score (nSPS) is 32.1. The highest BCUT2D eigenvalue weighted by Gasteiger charge is 2.46. The first kappa shape index (κ1) is 17.4. The van der Waals surface area contributed by atoms with Crippen LogP contribution in [0.25, 0.3) is 0 Å². The van der Waals surface area contributed by atoms with Gasteiger partial charge in [0, 0.05) is 26.7 Å². The van der Waals surface area contributed by atoms with Gasteiger partial charge in [0.25, 0.3) is 0 Å². The van der Waals surface area contributed by atoms with Gasteiger partial charge in [0.15, 0.2) is 6.10 Å². The van der Waals surface area contributed by atoms with Gasteiger partial charge in [0.2, 0.25) is 0 Å². The summed E-state index contributed by atoms with van der Waals surface area (Å²) in [7, 11) is 0. The first-order valence-electron chi connectivity index (χ1n) is 6.85. The quantitative estimate of drug-likeness (QED) is 0.561. The predicted molar refractivity (Wildman–Crippen MR) is 71.2 cm³/mol. The zero-order valence-corrected chi connectivity index (χ0v) is 13.0. The Morgan fingerprint density at radius 2 is 1.43 bits per heavy atom. The molecule has 1 unspecified atom stereocenters. The Morgan fingerprint density at radius 3 is 1.90 bits per heavy atom. The minimum absolute atomic E-state index is 0.0609. The lowest BCUT2D eigenvalue weighted by Gasteiger charge is -2.43. The lowest BCUT2D eigenvalue weighted by Crippen LogP contribution is -2.56. The van der Waals surface area contributed by atoms with Crippen LogP contribution in [0.5, 0.6) is 0 Å². The molecule has 0 saturated carbocycles. The number of esters is 3. The Labute approximate surface area is 123 Å². The van der Waals surface area contributed by atoms with Gasteiger partial charge in [-0.1, -0.05) is 6.92 Å². The van der Waals surface area contributed by atoms with Gasteiger partial charge in [-0.25, -0.2) is 0 Å². The summed E-state index contributed by atoms with van der Waals surface area (Å²) < 4.78 is 21.2. The molecule has 1 rings (SSSR count). The molecule has 0 aliphatic carbocycles. The van der Waals surface area contributed by atoms with Crippen LogP contribution in [0.2, 0.25) is 0 Å². The summed E-state index contributed by atoms with van der Waals surface area (Å²) in [5.41, 5.74) is 0. The maximum Gasteiger partial charge on any atom is 0.303 e. The number of ether oxygens (including phenoxy) is 4. The molecule has 120 valence electrons. The van der Waals surface area contributed by atoms with Crippen LogP contribution in [0.1, 0.15) is 34.6 Å². The van der Waals surface area contributed by atoms with Gasteiger partial charge in [-0.2, -0.15) is 0 Å². The highest BCUT2D eigenvalue weighted by Crippen LogP contribution is 2.30. The fraction of sp³-hybridized carbons (Fsp3) is 0.786. The lowest BCUT2D eigenvalue weighted by molar-refractivity contribution is -0.226. The van der Waals surface area contributed by atoms with Crippen LogP contribution in [-0.4, -0.2) is 48.9 Å². The van der Waals surface area contributed by atoms with Crippen LogP contribution in [0.3, 0.4) is 0 Å². The molecule has 0 bridgehead atoms. The van der Waals surface area contributed by atoms with E-state index in [-0.39, 0.29) is 12.5 Å². The van der Waals surface area contributed by atoms with Crippen molar-refractivity contribution in [1.82, 2.24) is 0 Å². The van der Waals surface area contributed by atoms with Crippen molar-refractivity contribution >= 4 is 17.9 Å². The van der Waals surface area contributed by atoms with Gasteiger partial charge >= 0.3 is 17.9 Å². The monoisotopic (exact) mass is 302 g/mol. The maximum atomic E-state index is 11.3. The van der Waals surface area contributed by atoms with Gasteiger partial charge in [0.05, 0.1) is 12.2 Å². The molecule has 0 amide bonds. The van der Waals surface area contributed by atoms with E-state index < -0.39 is 42.3 Å². The minimum atomic E-state index is -0.685. The third kappa shape index (κ3) is 5.00. The molecule has 1 heterocycles. The molecule has 0 N–H and O–H groups in total. The van der Waals surface area contributed by atoms with Crippen molar-refractivity contribution < 1.29 is 33.3 Å². The summed E-state index contributed by atoms with van der Waals surface area (Å²) in [6.45, 7) is 7.46. The van der Waals surface area contributed by atoms with Crippen molar-refractivity contribution in [3.63, 3.8) is 0 Å². The van der Waals surface area contributed by atoms with E-state index in [1.807, 2.05) is 0 Å². The first-order valence-corrected chi connectivity index (χ1v) is 6.85. The van der Waals surface area contributed by atoms with Gasteiger partial charge in [-0.05, 0) is 6.92 Å². The smallest absolute Gasteiger partial charge is 0.303 e. The van der Waals surface area contributed by atoms with E-state index in [0.29, 0.717) is 0 Å². The third-order valence-corrected chi connectivity index (χ3v) is 3.34. The lowest BCUT2D eigenvalue weighted by atomic mass is 9.88. The predicted octanol–water partition coefficient (Wildman–Crippen LogP) is 0.836. The molecule has 0 spiro atoms. The van der Waals surface area contributed by atoms with E-state index in [1.54, 1.807) is 13.8 Å². The molecular weight excluding hydrogens is 280 g/mol. The molecule has 0 aromatic carbocycles. The van der Waals surface area contributed by atoms with Gasteiger partial charge < -0.3 is 18.9 Å². The topological polar surface area (TPSA) is 88.1 Å². The number of hydrogen-bond donors (Lipinski definition) is 0. The summed E-state index contributed by atoms with van der Waals surface area (Å²) >= 11 is 0. The van der Waals surface area contributed by atoms with Gasteiger partial charge in [0.1, 0.15) is 12.7 Å². The van der Waals surface area contributed by atoms with Crippen LogP contribution in [-0.2, 0) is 33.3 Å². The summed E-state index contributed by atoms with van der Waals surface area (Å²) in [6, 6.07) is 0. The molecule has 1 aliphatic heterocycles. The maximum absolute atomic E-state index is 11.3. The third-order valence-electron chi connectivity index (χ3n) is 3.34. The van der Waals surface area contributed by atoms with Crippen LogP contribution >= 0.6 is 0 Å². The molecule has 7 nitrogen and oxygen atoms in total. The SMILES string of the molecule is CC(=O)OC[C@@H]1OC(C)[C@@H](OC(C)=O)[C@H](OC(C)=O)[C@@H]1C. The molecule has 0 aromatic rings. The summed E-state index contributed by atoms with van der Waals surface area (Å²) in [4.78, 5) is 33.4. The largest absolute Gasteiger partial charge is 0.463 e. The molecule has 1 aliphatic rings. The zero-order valence-electron chi connectivity index (χ0n) is 13.0. The van der Waals surface area contributed by atoms with Crippen molar-refractivity contribution in [3.8, 4) is 0 Å². The summed E-state index contributed by atoms with van der Waals surface area (Å²) in [6.07, 6.45) is -2.24. The first-order chi connectivity index (χ1) is 9.72. The Hall–Kier alpha value is -1.63. The highest BCUT2D eigenvalue weighted by molar-refractivity contribution is 5.67. The van der Waals surface area contributed by atoms with E-state index in [4.69, 9.17) is 18.9 Å². The van der Waals surface area contributed by atoms with Gasteiger partial charge in [-0.3, -0.25) is 14.4 Å². The standard InChI is InChI=1S/C14H22O7/c1-7-12(6-18-9(3)15)19-8(2)14(21-11(5)17)13(7)20-10(4)16/h7-8,12-14H,6H2,1-5H3/t7-,8?,12+,13-,14-/m1/s1. The number of carbonyl (C=O) groups is 3. The van der Waals surface area contributed by atoms with Crippen molar-refractivity contribution in [1.29, 1.82) is 0 Å². The highest BCUT2D eigenvalue weighted by atomic mass is 16.6. The molecule has 0 radical (unpaired) electrons. The Kier molecular flexibility index (Phi) is 6.14.